The Bertz CT molecular complexity index is 212. The van der Waals surface area contributed by atoms with Crippen LogP contribution in [-0.2, 0) is 0 Å². The van der Waals surface area contributed by atoms with Gasteiger partial charge in [0.2, 0.25) is 0 Å². The Kier molecular flexibility index (Phi) is 3.52. The van der Waals surface area contributed by atoms with Crippen LogP contribution in [0.4, 0.5) is 0 Å². The van der Waals surface area contributed by atoms with Crippen LogP contribution in [0.1, 0.15) is 48.0 Å². The Hall–Kier alpha value is -0.0800. The first-order valence-electron chi connectivity index (χ1n) is 6.15. The first-order chi connectivity index (χ1) is 6.62. The Morgan fingerprint density at radius 3 is 1.93 bits per heavy atom. The maximum absolute atomic E-state index is 10.2. The van der Waals surface area contributed by atoms with Gasteiger partial charge in [-0.2, -0.15) is 0 Å². The number of hydrogen-bond donors (Lipinski definition) is 2. The molecule has 0 saturated carbocycles. The number of hydrogen-bond acceptors (Lipinski definition) is 1. The van der Waals surface area contributed by atoms with Gasteiger partial charge in [-0.3, -0.25) is 0 Å². The lowest BCUT2D eigenvalue weighted by molar-refractivity contribution is -0.955. The van der Waals surface area contributed by atoms with Crippen molar-refractivity contribution >= 4 is 0 Å². The van der Waals surface area contributed by atoms with E-state index in [1.54, 1.807) is 0 Å². The predicted octanol–water partition coefficient (Wildman–Crippen LogP) is 1.10. The third kappa shape index (κ3) is 3.18. The van der Waals surface area contributed by atoms with Crippen LogP contribution in [0.25, 0.3) is 0 Å². The van der Waals surface area contributed by atoms with E-state index in [-0.39, 0.29) is 17.1 Å². The molecule has 1 aliphatic rings. The van der Waals surface area contributed by atoms with Crippen molar-refractivity contribution in [1.29, 1.82) is 0 Å². The standard InChI is InChI=1S/C13H27NO/c1-12(2,3)10-7-8-14(9-11(10)15)13(4,5)6/h10-11,15H,7-9H2,1-6H3/p+1/t10-,11+/m1/s1. The van der Waals surface area contributed by atoms with Gasteiger partial charge in [0.1, 0.15) is 12.6 Å². The zero-order valence-electron chi connectivity index (χ0n) is 11.2. The molecule has 2 heteroatoms. The maximum Gasteiger partial charge on any atom is 0.106 e. The summed E-state index contributed by atoms with van der Waals surface area (Å²) in [6.07, 6.45) is 1.02. The molecule has 1 heterocycles. The van der Waals surface area contributed by atoms with Gasteiger partial charge in [-0.15, -0.1) is 0 Å². The molecule has 3 atom stereocenters. The van der Waals surface area contributed by atoms with E-state index >= 15 is 0 Å². The largest absolute Gasteiger partial charge is 0.387 e. The summed E-state index contributed by atoms with van der Waals surface area (Å²) in [5, 5.41) is 10.2. The van der Waals surface area contributed by atoms with Crippen molar-refractivity contribution in [3.63, 3.8) is 0 Å². The highest BCUT2D eigenvalue weighted by Gasteiger charge is 2.40. The van der Waals surface area contributed by atoms with Crippen molar-refractivity contribution in [2.75, 3.05) is 13.1 Å². The van der Waals surface area contributed by atoms with E-state index < -0.39 is 0 Å². The zero-order valence-corrected chi connectivity index (χ0v) is 11.2. The highest BCUT2D eigenvalue weighted by molar-refractivity contribution is 4.82. The quantitative estimate of drug-likeness (QED) is 0.620. The molecule has 1 fully saturated rings. The molecule has 0 radical (unpaired) electrons. The third-order valence-electron chi connectivity index (χ3n) is 3.85. The van der Waals surface area contributed by atoms with Gasteiger partial charge in [0.05, 0.1) is 12.1 Å². The van der Waals surface area contributed by atoms with Gasteiger partial charge in [-0.25, -0.2) is 0 Å². The Balaban J connectivity index is 2.64. The van der Waals surface area contributed by atoms with Crippen LogP contribution in [0.2, 0.25) is 0 Å². The van der Waals surface area contributed by atoms with Crippen molar-refractivity contribution in [1.82, 2.24) is 0 Å². The lowest BCUT2D eigenvalue weighted by Crippen LogP contribution is -3.21. The highest BCUT2D eigenvalue weighted by atomic mass is 16.3. The van der Waals surface area contributed by atoms with Crippen molar-refractivity contribution < 1.29 is 10.0 Å². The fourth-order valence-corrected chi connectivity index (χ4v) is 2.71. The van der Waals surface area contributed by atoms with Crippen LogP contribution in [-0.4, -0.2) is 29.8 Å². The van der Waals surface area contributed by atoms with Gasteiger partial charge in [-0.05, 0) is 26.2 Å². The molecule has 0 aliphatic carbocycles. The van der Waals surface area contributed by atoms with E-state index in [2.05, 4.69) is 41.5 Å². The Morgan fingerprint density at radius 1 is 1.07 bits per heavy atom. The maximum atomic E-state index is 10.2. The van der Waals surface area contributed by atoms with E-state index in [4.69, 9.17) is 0 Å². The van der Waals surface area contributed by atoms with Gasteiger partial charge in [0.15, 0.2) is 0 Å². The molecule has 2 N–H and O–H groups in total. The SMILES string of the molecule is CC(C)(C)[C@@H]1CC[NH+](C(C)(C)C)C[C@@H]1O. The molecule has 2 nitrogen and oxygen atoms in total. The Labute approximate surface area is 94.7 Å². The molecule has 0 aromatic heterocycles. The second-order valence-electron chi connectivity index (χ2n) is 7.14. The minimum absolute atomic E-state index is 0.132. The van der Waals surface area contributed by atoms with Gasteiger partial charge in [-0.1, -0.05) is 20.8 Å². The molecule has 90 valence electrons. The number of aliphatic hydroxyl groups excluding tert-OH is 1. The van der Waals surface area contributed by atoms with Crippen LogP contribution in [0.15, 0.2) is 0 Å². The minimum Gasteiger partial charge on any atom is -0.387 e. The summed E-state index contributed by atoms with van der Waals surface area (Å²) < 4.78 is 0. The number of aliphatic hydroxyl groups is 1. The smallest absolute Gasteiger partial charge is 0.106 e. The summed E-state index contributed by atoms with van der Waals surface area (Å²) in [5.74, 6) is 0.462. The third-order valence-corrected chi connectivity index (χ3v) is 3.85. The summed E-state index contributed by atoms with van der Waals surface area (Å²) in [4.78, 5) is 1.54. The van der Waals surface area contributed by atoms with E-state index in [0.29, 0.717) is 5.92 Å². The summed E-state index contributed by atoms with van der Waals surface area (Å²) >= 11 is 0. The summed E-state index contributed by atoms with van der Waals surface area (Å²) in [5.41, 5.74) is 0.507. The minimum atomic E-state index is -0.132. The second-order valence-corrected chi connectivity index (χ2v) is 7.14. The van der Waals surface area contributed by atoms with E-state index in [1.807, 2.05) is 0 Å². The molecule has 0 bridgehead atoms. The number of piperidine rings is 1. The predicted molar refractivity (Wildman–Crippen MR) is 64.0 cm³/mol. The average molecular weight is 214 g/mol. The van der Waals surface area contributed by atoms with Gasteiger partial charge in [0, 0.05) is 12.3 Å². The van der Waals surface area contributed by atoms with Crippen LogP contribution in [0.3, 0.4) is 0 Å². The Morgan fingerprint density at radius 2 is 1.60 bits per heavy atom. The van der Waals surface area contributed by atoms with Crippen LogP contribution in [0, 0.1) is 11.3 Å². The van der Waals surface area contributed by atoms with E-state index in [1.165, 1.54) is 11.4 Å². The van der Waals surface area contributed by atoms with Crippen LogP contribution >= 0.6 is 0 Å². The van der Waals surface area contributed by atoms with Gasteiger partial charge >= 0.3 is 0 Å². The number of nitrogens with one attached hydrogen (secondary N) is 1. The molecule has 0 amide bonds. The average Bonchev–Trinajstić information content (AvgIpc) is 1.99. The number of likely N-dealkylation sites (tertiary alicyclic amines) is 1. The molecule has 1 unspecified atom stereocenters. The van der Waals surface area contributed by atoms with E-state index in [9.17, 15) is 5.11 Å². The van der Waals surface area contributed by atoms with Crippen LogP contribution < -0.4 is 4.90 Å². The zero-order chi connectivity index (χ0) is 11.9. The first kappa shape index (κ1) is 13.0. The summed E-state index contributed by atoms with van der Waals surface area (Å²) in [6.45, 7) is 15.6. The second kappa shape index (κ2) is 4.06. The summed E-state index contributed by atoms with van der Waals surface area (Å²) in [6, 6.07) is 0. The molecule has 0 aromatic carbocycles. The van der Waals surface area contributed by atoms with Crippen molar-refractivity contribution in [2.45, 2.75) is 59.6 Å². The fraction of sp³-hybridized carbons (Fsp3) is 1.00. The monoisotopic (exact) mass is 214 g/mol. The van der Waals surface area contributed by atoms with Gasteiger partial charge in [0.25, 0.3) is 0 Å². The van der Waals surface area contributed by atoms with Crippen LogP contribution in [0.5, 0.6) is 0 Å². The molecular weight excluding hydrogens is 186 g/mol. The molecule has 0 aromatic rings. The van der Waals surface area contributed by atoms with Crippen molar-refractivity contribution in [2.24, 2.45) is 11.3 Å². The van der Waals surface area contributed by atoms with Gasteiger partial charge < -0.3 is 10.0 Å². The lowest BCUT2D eigenvalue weighted by Gasteiger charge is -2.44. The van der Waals surface area contributed by atoms with Crippen molar-refractivity contribution in [3.05, 3.63) is 0 Å². The molecule has 0 spiro atoms. The molecule has 1 rings (SSSR count). The molecular formula is C13H28NO+. The molecule has 1 saturated heterocycles. The van der Waals surface area contributed by atoms with Crippen molar-refractivity contribution in [3.8, 4) is 0 Å². The molecule has 1 aliphatic heterocycles. The summed E-state index contributed by atoms with van der Waals surface area (Å²) in [7, 11) is 0. The first-order valence-corrected chi connectivity index (χ1v) is 6.15. The normalized spacial score (nSPS) is 34.2. The van der Waals surface area contributed by atoms with E-state index in [0.717, 1.165) is 13.0 Å². The fourth-order valence-electron chi connectivity index (χ4n) is 2.71. The highest BCUT2D eigenvalue weighted by Crippen LogP contribution is 2.32. The number of quaternary nitrogens is 1. The number of rotatable bonds is 0. The lowest BCUT2D eigenvalue weighted by atomic mass is 9.73. The topological polar surface area (TPSA) is 24.7 Å². The molecule has 15 heavy (non-hydrogen) atoms.